The third-order valence-electron chi connectivity index (χ3n) is 14.8. The Morgan fingerprint density at radius 3 is 1.08 bits per heavy atom. The summed E-state index contributed by atoms with van der Waals surface area (Å²) in [4.78, 5) is 23.4. The summed E-state index contributed by atoms with van der Waals surface area (Å²) in [5.74, 6) is -0.227. The van der Waals surface area contributed by atoms with Gasteiger partial charge in [0, 0.05) is 6.42 Å². The molecule has 0 bridgehead atoms. The number of amides is 1. The zero-order valence-electron chi connectivity index (χ0n) is 55.5. The minimum absolute atomic E-state index is 0.0383. The molecule has 0 rings (SSSR count). The predicted octanol–water partition coefficient (Wildman–Crippen LogP) is 22.4. The molecule has 0 aliphatic heterocycles. The fourth-order valence-corrected chi connectivity index (χ4v) is 10.2. The highest BCUT2D eigenvalue weighted by Crippen LogP contribution is 2.43. The molecule has 0 radical (unpaired) electrons. The van der Waals surface area contributed by atoms with Crippen molar-refractivity contribution in [1.82, 2.24) is 5.32 Å². The Balaban J connectivity index is 4.27. The molecule has 85 heavy (non-hydrogen) atoms. The van der Waals surface area contributed by atoms with Gasteiger partial charge in [-0.2, -0.15) is 0 Å². The quantitative estimate of drug-likeness (QED) is 0.0243. The van der Waals surface area contributed by atoms with E-state index in [9.17, 15) is 19.4 Å². The van der Waals surface area contributed by atoms with Crippen LogP contribution in [0.25, 0.3) is 0 Å². The average Bonchev–Trinajstić information content (AvgIpc) is 3.49. The standard InChI is InChI=1S/C76H131N2O6P/c1-6-8-10-12-14-16-18-20-22-24-26-28-30-32-34-36-38-40-41-43-45-47-49-51-53-55-57-59-61-63-65-67-69-75(79)74(73-84-85(81,82)83-72-71-78(3,4)5)77-76(80)70-68-66-64-62-60-58-56-54-52-50-48-46-44-42-39-37-35-33-31-29-27-25-23-21-19-17-15-13-11-9-7-2/h9,11,15,17,21,23,27,29,33,35,39,42,46,48,51-54,58-61,67,69,74-75,79H,6-8,10,12-14,16,18-20,22,24-26,28,30-32,34,36-38,40-41,43-45,47,49-50,55-57,62-66,68,70-73H2,1-5H3,(H-,77,80,81,82)/p+1/b11-9-,17-15-,23-21-,29-27-,35-33-,42-39-,48-46-,53-51+,54-52-,60-58-,61-59+,69-67+. The van der Waals surface area contributed by atoms with E-state index >= 15 is 0 Å². The second-order valence-corrected chi connectivity index (χ2v) is 25.6. The number of carbonyl (C=O) groups is 1. The van der Waals surface area contributed by atoms with Crippen molar-refractivity contribution in [2.24, 2.45) is 0 Å². The first kappa shape index (κ1) is 81.4. The van der Waals surface area contributed by atoms with E-state index < -0.39 is 20.0 Å². The van der Waals surface area contributed by atoms with Crippen LogP contribution in [-0.2, 0) is 18.4 Å². The number of rotatable bonds is 62. The number of quaternary nitrogens is 1. The summed E-state index contributed by atoms with van der Waals surface area (Å²) in [6, 6.07) is -0.902. The van der Waals surface area contributed by atoms with E-state index in [-0.39, 0.29) is 19.1 Å². The second kappa shape index (κ2) is 64.8. The zero-order chi connectivity index (χ0) is 61.9. The molecule has 0 saturated heterocycles. The molecule has 0 aromatic rings. The number of phosphoric ester groups is 1. The van der Waals surface area contributed by atoms with E-state index in [4.69, 9.17) is 9.05 Å². The molecule has 0 aliphatic rings. The Labute approximate surface area is 525 Å². The van der Waals surface area contributed by atoms with Crippen molar-refractivity contribution in [2.75, 3.05) is 40.9 Å². The molecule has 0 spiro atoms. The van der Waals surface area contributed by atoms with Crippen LogP contribution in [0.2, 0.25) is 0 Å². The Morgan fingerprint density at radius 1 is 0.412 bits per heavy atom. The molecule has 1 amide bonds. The van der Waals surface area contributed by atoms with E-state index in [1.54, 1.807) is 6.08 Å². The van der Waals surface area contributed by atoms with Gasteiger partial charge in [-0.05, 0) is 116 Å². The summed E-state index contributed by atoms with van der Waals surface area (Å²) in [6.07, 6.45) is 100. The summed E-state index contributed by atoms with van der Waals surface area (Å²) in [5, 5.41) is 13.9. The molecule has 8 nitrogen and oxygen atoms in total. The van der Waals surface area contributed by atoms with Crippen molar-refractivity contribution in [3.63, 3.8) is 0 Å². The SMILES string of the molecule is CC/C=C\C/C=C\C/C=C\C/C=C\C/C=C\C/C=C\C/C=C\C/C=C\C/C=C\CCCCCC(=O)NC(COP(=O)(O)OCC[N+](C)(C)C)C(O)/C=C/CC/C=C/CC/C=C/CCCCCCCCCCCCCCCCCCCCCCCC. The van der Waals surface area contributed by atoms with Gasteiger partial charge >= 0.3 is 7.82 Å². The number of nitrogens with zero attached hydrogens (tertiary/aromatic N) is 1. The van der Waals surface area contributed by atoms with E-state index in [1.807, 2.05) is 27.2 Å². The normalized spacial score (nSPS) is 14.6. The topological polar surface area (TPSA) is 105 Å². The van der Waals surface area contributed by atoms with Crippen molar-refractivity contribution in [1.29, 1.82) is 0 Å². The highest BCUT2D eigenvalue weighted by atomic mass is 31.2. The highest BCUT2D eigenvalue weighted by molar-refractivity contribution is 7.47. The van der Waals surface area contributed by atoms with Crippen LogP contribution in [0, 0.1) is 0 Å². The van der Waals surface area contributed by atoms with Crippen LogP contribution < -0.4 is 5.32 Å². The Hall–Kier alpha value is -3.62. The van der Waals surface area contributed by atoms with E-state index in [0.717, 1.165) is 103 Å². The molecule has 9 heteroatoms. The van der Waals surface area contributed by atoms with Crippen molar-refractivity contribution < 1.29 is 32.9 Å². The molecular weight excluding hydrogens is 1070 g/mol. The molecular formula is C76H132N2O6P+. The fraction of sp³-hybridized carbons (Fsp3) is 0.671. The van der Waals surface area contributed by atoms with E-state index in [1.165, 1.54) is 148 Å². The third-order valence-corrected chi connectivity index (χ3v) is 15.8. The number of aliphatic hydroxyl groups excluding tert-OH is 1. The lowest BCUT2D eigenvalue weighted by atomic mass is 10.0. The summed E-state index contributed by atoms with van der Waals surface area (Å²) in [5.41, 5.74) is 0. The van der Waals surface area contributed by atoms with E-state index in [0.29, 0.717) is 23.9 Å². The maximum absolute atomic E-state index is 13.0. The number of nitrogens with one attached hydrogen (secondary N) is 1. The Kier molecular flexibility index (Phi) is 62.1. The summed E-state index contributed by atoms with van der Waals surface area (Å²) >= 11 is 0. The van der Waals surface area contributed by atoms with Crippen molar-refractivity contribution >= 4 is 13.7 Å². The molecule has 0 aromatic carbocycles. The van der Waals surface area contributed by atoms with Crippen molar-refractivity contribution in [3.8, 4) is 0 Å². The summed E-state index contributed by atoms with van der Waals surface area (Å²) in [6.45, 7) is 4.65. The maximum Gasteiger partial charge on any atom is 0.472 e. The molecule has 3 atom stereocenters. The van der Waals surface area contributed by atoms with Gasteiger partial charge < -0.3 is 19.8 Å². The van der Waals surface area contributed by atoms with Gasteiger partial charge in [-0.15, -0.1) is 0 Å². The number of allylic oxidation sites excluding steroid dienone is 23. The fourth-order valence-electron chi connectivity index (χ4n) is 9.42. The lowest BCUT2D eigenvalue weighted by Crippen LogP contribution is -2.45. The van der Waals surface area contributed by atoms with Gasteiger partial charge in [0.05, 0.1) is 39.9 Å². The second-order valence-electron chi connectivity index (χ2n) is 24.2. The Morgan fingerprint density at radius 2 is 0.718 bits per heavy atom. The molecule has 0 saturated carbocycles. The molecule has 3 N–H and O–H groups in total. The largest absolute Gasteiger partial charge is 0.472 e. The average molecular weight is 1200 g/mol. The smallest absolute Gasteiger partial charge is 0.387 e. The van der Waals surface area contributed by atoms with Gasteiger partial charge in [0.25, 0.3) is 0 Å². The maximum atomic E-state index is 13.0. The molecule has 0 aliphatic carbocycles. The molecule has 486 valence electrons. The van der Waals surface area contributed by atoms with Gasteiger partial charge in [0.1, 0.15) is 13.2 Å². The predicted molar refractivity (Wildman–Crippen MR) is 373 cm³/mol. The molecule has 0 fully saturated rings. The minimum atomic E-state index is -4.39. The lowest BCUT2D eigenvalue weighted by Gasteiger charge is -2.25. The minimum Gasteiger partial charge on any atom is -0.387 e. The Bertz CT molecular complexity index is 1900. The number of phosphoric acid groups is 1. The van der Waals surface area contributed by atoms with Crippen LogP contribution in [0.4, 0.5) is 0 Å². The van der Waals surface area contributed by atoms with Gasteiger partial charge in [-0.1, -0.05) is 301 Å². The van der Waals surface area contributed by atoms with Gasteiger partial charge in [0.2, 0.25) is 5.91 Å². The number of aliphatic hydroxyl groups is 1. The van der Waals surface area contributed by atoms with E-state index in [2.05, 4.69) is 153 Å². The first-order chi connectivity index (χ1) is 41.5. The molecule has 3 unspecified atom stereocenters. The summed E-state index contributed by atoms with van der Waals surface area (Å²) in [7, 11) is 1.50. The van der Waals surface area contributed by atoms with Crippen molar-refractivity contribution in [2.45, 2.75) is 289 Å². The van der Waals surface area contributed by atoms with Gasteiger partial charge in [-0.3, -0.25) is 13.8 Å². The monoisotopic (exact) mass is 1200 g/mol. The van der Waals surface area contributed by atoms with Crippen LogP contribution >= 0.6 is 7.82 Å². The first-order valence-corrected chi connectivity index (χ1v) is 36.2. The summed E-state index contributed by atoms with van der Waals surface area (Å²) < 4.78 is 23.8. The van der Waals surface area contributed by atoms with Gasteiger partial charge in [0.15, 0.2) is 0 Å². The number of hydrogen-bond acceptors (Lipinski definition) is 5. The van der Waals surface area contributed by atoms with Crippen LogP contribution in [0.3, 0.4) is 0 Å². The van der Waals surface area contributed by atoms with Crippen LogP contribution in [0.5, 0.6) is 0 Å². The van der Waals surface area contributed by atoms with Crippen molar-refractivity contribution in [3.05, 3.63) is 146 Å². The third kappa shape index (κ3) is 67.7. The number of carbonyl (C=O) groups excluding carboxylic acids is 1. The lowest BCUT2D eigenvalue weighted by molar-refractivity contribution is -0.870. The number of hydrogen-bond donors (Lipinski definition) is 3. The first-order valence-electron chi connectivity index (χ1n) is 34.7. The van der Waals surface area contributed by atoms with Crippen LogP contribution in [0.1, 0.15) is 277 Å². The van der Waals surface area contributed by atoms with Gasteiger partial charge in [-0.25, -0.2) is 4.57 Å². The highest BCUT2D eigenvalue weighted by Gasteiger charge is 2.27. The van der Waals surface area contributed by atoms with Crippen LogP contribution in [0.15, 0.2) is 146 Å². The van der Waals surface area contributed by atoms with Crippen LogP contribution in [-0.4, -0.2) is 73.4 Å². The number of likely N-dealkylation sites (N-methyl/N-ethyl adjacent to an activating group) is 1. The number of unbranched alkanes of at least 4 members (excludes halogenated alkanes) is 27. The molecule has 0 heterocycles. The zero-order valence-corrected chi connectivity index (χ0v) is 56.4. The molecule has 0 aromatic heterocycles.